The van der Waals surface area contributed by atoms with Gasteiger partial charge in [-0.3, -0.25) is 9.69 Å². The quantitative estimate of drug-likeness (QED) is 0.846. The van der Waals surface area contributed by atoms with Gasteiger partial charge < -0.3 is 10.6 Å². The van der Waals surface area contributed by atoms with Crippen LogP contribution in [0.15, 0.2) is 54.6 Å². The molecule has 0 aromatic heterocycles. The standard InChI is InChI=1S/C20H24ClN3O.ClH/c21-18-9-5-4-8-17(18)20(16-6-2-1-3-7-16)24-14-12-23(13-15-24)19(25)10-11-22;/h1-9,20H,10-15,22H2;1H. The lowest BCUT2D eigenvalue weighted by atomic mass is 9.96. The second-order valence-corrected chi connectivity index (χ2v) is 6.70. The number of carbonyl (C=O) groups excluding carboxylic acids is 1. The third kappa shape index (κ3) is 4.77. The summed E-state index contributed by atoms with van der Waals surface area (Å²) in [5.74, 6) is 0.149. The first-order chi connectivity index (χ1) is 12.2. The van der Waals surface area contributed by atoms with E-state index in [1.165, 1.54) is 5.56 Å². The first-order valence-corrected chi connectivity index (χ1v) is 9.09. The number of piperazine rings is 1. The van der Waals surface area contributed by atoms with Gasteiger partial charge in [0, 0.05) is 44.2 Å². The SMILES string of the molecule is Cl.NCCC(=O)N1CCN(C(c2ccccc2)c2ccccc2Cl)CC1. The van der Waals surface area contributed by atoms with Crippen molar-refractivity contribution < 1.29 is 4.79 Å². The maximum atomic E-state index is 12.1. The summed E-state index contributed by atoms with van der Waals surface area (Å²) in [5.41, 5.74) is 7.84. The molecule has 6 heteroatoms. The van der Waals surface area contributed by atoms with Gasteiger partial charge in [0.25, 0.3) is 0 Å². The second kappa shape index (κ2) is 9.93. The minimum Gasteiger partial charge on any atom is -0.340 e. The van der Waals surface area contributed by atoms with E-state index in [2.05, 4.69) is 35.2 Å². The molecule has 1 fully saturated rings. The fourth-order valence-corrected chi connectivity index (χ4v) is 3.67. The number of hydrogen-bond donors (Lipinski definition) is 1. The Morgan fingerprint density at radius 1 is 1.00 bits per heavy atom. The summed E-state index contributed by atoms with van der Waals surface area (Å²) < 4.78 is 0. The molecule has 2 aromatic rings. The van der Waals surface area contributed by atoms with Crippen LogP contribution in [0.2, 0.25) is 5.02 Å². The van der Waals surface area contributed by atoms with E-state index in [4.69, 9.17) is 17.3 Å². The highest BCUT2D eigenvalue weighted by molar-refractivity contribution is 6.31. The van der Waals surface area contributed by atoms with E-state index in [0.717, 1.165) is 36.8 Å². The van der Waals surface area contributed by atoms with Crippen molar-refractivity contribution in [3.63, 3.8) is 0 Å². The molecule has 1 atom stereocenters. The van der Waals surface area contributed by atoms with Crippen LogP contribution in [0, 0.1) is 0 Å². The Morgan fingerprint density at radius 2 is 1.62 bits per heavy atom. The predicted molar refractivity (Wildman–Crippen MR) is 109 cm³/mol. The third-order valence-corrected chi connectivity index (χ3v) is 5.05. The van der Waals surface area contributed by atoms with E-state index in [9.17, 15) is 4.79 Å². The largest absolute Gasteiger partial charge is 0.340 e. The average molecular weight is 394 g/mol. The molecule has 1 amide bonds. The molecule has 26 heavy (non-hydrogen) atoms. The smallest absolute Gasteiger partial charge is 0.223 e. The van der Waals surface area contributed by atoms with Crippen LogP contribution in [0.25, 0.3) is 0 Å². The van der Waals surface area contributed by atoms with Crippen LogP contribution < -0.4 is 5.73 Å². The lowest BCUT2D eigenvalue weighted by Gasteiger charge is -2.40. The molecule has 1 aliphatic rings. The monoisotopic (exact) mass is 393 g/mol. The van der Waals surface area contributed by atoms with Crippen molar-refractivity contribution in [1.29, 1.82) is 0 Å². The normalized spacial score (nSPS) is 16.0. The van der Waals surface area contributed by atoms with Crippen LogP contribution in [0.1, 0.15) is 23.6 Å². The lowest BCUT2D eigenvalue weighted by Crippen LogP contribution is -2.50. The van der Waals surface area contributed by atoms with Gasteiger partial charge in [0.15, 0.2) is 0 Å². The first-order valence-electron chi connectivity index (χ1n) is 8.72. The van der Waals surface area contributed by atoms with Crippen molar-refractivity contribution in [2.24, 2.45) is 5.73 Å². The van der Waals surface area contributed by atoms with Gasteiger partial charge in [0.05, 0.1) is 6.04 Å². The summed E-state index contributed by atoms with van der Waals surface area (Å²) in [4.78, 5) is 16.4. The number of nitrogens with zero attached hydrogens (tertiary/aromatic N) is 2. The van der Waals surface area contributed by atoms with Crippen molar-refractivity contribution in [2.75, 3.05) is 32.7 Å². The number of carbonyl (C=O) groups is 1. The molecule has 4 nitrogen and oxygen atoms in total. The van der Waals surface area contributed by atoms with Crippen molar-refractivity contribution in [2.45, 2.75) is 12.5 Å². The van der Waals surface area contributed by atoms with E-state index in [1.807, 2.05) is 29.2 Å². The van der Waals surface area contributed by atoms with E-state index in [0.29, 0.717) is 13.0 Å². The van der Waals surface area contributed by atoms with Gasteiger partial charge in [-0.15, -0.1) is 12.4 Å². The molecule has 1 unspecified atom stereocenters. The average Bonchev–Trinajstić information content (AvgIpc) is 2.65. The molecule has 0 radical (unpaired) electrons. The van der Waals surface area contributed by atoms with E-state index in [1.54, 1.807) is 0 Å². The zero-order chi connectivity index (χ0) is 17.6. The maximum absolute atomic E-state index is 12.1. The number of amides is 1. The summed E-state index contributed by atoms with van der Waals surface area (Å²) >= 11 is 6.50. The summed E-state index contributed by atoms with van der Waals surface area (Å²) in [6.45, 7) is 3.51. The molecular weight excluding hydrogens is 369 g/mol. The molecular formula is C20H25Cl2N3O. The van der Waals surface area contributed by atoms with Crippen molar-refractivity contribution in [3.05, 3.63) is 70.7 Å². The number of nitrogens with two attached hydrogens (primary N) is 1. The van der Waals surface area contributed by atoms with E-state index >= 15 is 0 Å². The van der Waals surface area contributed by atoms with E-state index < -0.39 is 0 Å². The summed E-state index contributed by atoms with van der Waals surface area (Å²) in [6, 6.07) is 18.5. The first kappa shape index (κ1) is 20.7. The Bertz CT molecular complexity index is 703. The molecule has 0 aliphatic carbocycles. The Morgan fingerprint density at radius 3 is 2.23 bits per heavy atom. The number of halogens is 2. The molecule has 3 rings (SSSR count). The summed E-state index contributed by atoms with van der Waals surface area (Å²) in [5, 5.41) is 0.776. The van der Waals surface area contributed by atoms with Gasteiger partial charge >= 0.3 is 0 Å². The fourth-order valence-electron chi connectivity index (χ4n) is 3.43. The van der Waals surface area contributed by atoms with Gasteiger partial charge in [-0.2, -0.15) is 0 Å². The molecule has 140 valence electrons. The minimum atomic E-state index is 0. The second-order valence-electron chi connectivity index (χ2n) is 6.29. The molecule has 1 aliphatic heterocycles. The van der Waals surface area contributed by atoms with E-state index in [-0.39, 0.29) is 24.4 Å². The van der Waals surface area contributed by atoms with Crippen LogP contribution in [-0.4, -0.2) is 48.4 Å². The highest BCUT2D eigenvalue weighted by Gasteiger charge is 2.28. The topological polar surface area (TPSA) is 49.6 Å². The van der Waals surface area contributed by atoms with Crippen molar-refractivity contribution >= 4 is 29.9 Å². The third-order valence-electron chi connectivity index (χ3n) is 4.71. The Labute approximate surface area is 166 Å². The number of benzene rings is 2. The fraction of sp³-hybridized carbons (Fsp3) is 0.350. The van der Waals surface area contributed by atoms with Gasteiger partial charge in [0.1, 0.15) is 0 Å². The molecule has 0 bridgehead atoms. The van der Waals surface area contributed by atoms with Crippen LogP contribution in [0.5, 0.6) is 0 Å². The molecule has 1 saturated heterocycles. The molecule has 0 saturated carbocycles. The zero-order valence-electron chi connectivity index (χ0n) is 14.7. The molecule has 2 aromatic carbocycles. The van der Waals surface area contributed by atoms with Crippen molar-refractivity contribution in [3.8, 4) is 0 Å². The summed E-state index contributed by atoms with van der Waals surface area (Å²) in [7, 11) is 0. The van der Waals surface area contributed by atoms with Gasteiger partial charge in [-0.25, -0.2) is 0 Å². The highest BCUT2D eigenvalue weighted by atomic mass is 35.5. The predicted octanol–water partition coefficient (Wildman–Crippen LogP) is 3.34. The van der Waals surface area contributed by atoms with Crippen LogP contribution in [0.4, 0.5) is 0 Å². The van der Waals surface area contributed by atoms with Gasteiger partial charge in [-0.05, 0) is 17.2 Å². The molecule has 2 N–H and O–H groups in total. The van der Waals surface area contributed by atoms with Crippen LogP contribution >= 0.6 is 24.0 Å². The highest BCUT2D eigenvalue weighted by Crippen LogP contribution is 2.33. The molecule has 0 spiro atoms. The van der Waals surface area contributed by atoms with Crippen LogP contribution in [0.3, 0.4) is 0 Å². The van der Waals surface area contributed by atoms with Crippen LogP contribution in [-0.2, 0) is 4.79 Å². The number of rotatable bonds is 5. The van der Waals surface area contributed by atoms with Gasteiger partial charge in [0.2, 0.25) is 5.91 Å². The number of hydrogen-bond acceptors (Lipinski definition) is 3. The van der Waals surface area contributed by atoms with Gasteiger partial charge in [-0.1, -0.05) is 60.1 Å². The maximum Gasteiger partial charge on any atom is 0.223 e. The Hall–Kier alpha value is -1.59. The zero-order valence-corrected chi connectivity index (χ0v) is 16.3. The van der Waals surface area contributed by atoms with Crippen molar-refractivity contribution in [1.82, 2.24) is 9.80 Å². The lowest BCUT2D eigenvalue weighted by molar-refractivity contribution is -0.132. The summed E-state index contributed by atoms with van der Waals surface area (Å²) in [6.07, 6.45) is 0.423. The minimum absolute atomic E-state index is 0. The Kier molecular flexibility index (Phi) is 7.91. The molecule has 1 heterocycles. The Balaban J connectivity index is 0.00000243.